The van der Waals surface area contributed by atoms with Crippen molar-refractivity contribution >= 4 is 29.3 Å². The van der Waals surface area contributed by atoms with Crippen LogP contribution >= 0.6 is 11.8 Å². The van der Waals surface area contributed by atoms with Gasteiger partial charge in [-0.15, -0.1) is 11.8 Å². The Hall–Kier alpha value is -2.31. The smallest absolute Gasteiger partial charge is 0.256 e. The van der Waals surface area contributed by atoms with Crippen LogP contribution in [0.25, 0.3) is 0 Å². The van der Waals surface area contributed by atoms with Crippen LogP contribution < -0.4 is 10.6 Å². The number of hydrogen-bond acceptors (Lipinski definition) is 4. The van der Waals surface area contributed by atoms with E-state index in [0.717, 1.165) is 10.6 Å². The molecule has 2 aromatic rings. The van der Waals surface area contributed by atoms with Crippen molar-refractivity contribution in [2.75, 3.05) is 24.8 Å². The Bertz CT molecular complexity index is 800. The summed E-state index contributed by atoms with van der Waals surface area (Å²) >= 11 is 1.56. The average molecular weight is 387 g/mol. The summed E-state index contributed by atoms with van der Waals surface area (Å²) in [6.07, 6.45) is 0. The van der Waals surface area contributed by atoms with E-state index in [1.54, 1.807) is 49.2 Å². The van der Waals surface area contributed by atoms with Gasteiger partial charge in [-0.1, -0.05) is 24.3 Å². The zero-order valence-corrected chi connectivity index (χ0v) is 17.0. The SMILES string of the molecule is COCCSc1ccccc1C(=O)Nc1ccccc1C(=O)NC(C)(C)C. The summed E-state index contributed by atoms with van der Waals surface area (Å²) in [6, 6.07) is 14.4. The van der Waals surface area contributed by atoms with Gasteiger partial charge in [0.25, 0.3) is 11.8 Å². The minimum Gasteiger partial charge on any atom is -0.384 e. The molecular weight excluding hydrogens is 360 g/mol. The minimum absolute atomic E-state index is 0.221. The molecular formula is C21H26N2O3S. The highest BCUT2D eigenvalue weighted by Crippen LogP contribution is 2.24. The summed E-state index contributed by atoms with van der Waals surface area (Å²) in [5.74, 6) is 0.290. The number of ether oxygens (including phenoxy) is 1. The van der Waals surface area contributed by atoms with Gasteiger partial charge in [-0.3, -0.25) is 9.59 Å². The minimum atomic E-state index is -0.362. The van der Waals surface area contributed by atoms with Crippen LogP contribution in [0.4, 0.5) is 5.69 Å². The first-order valence-electron chi connectivity index (χ1n) is 8.75. The molecule has 0 saturated carbocycles. The van der Waals surface area contributed by atoms with E-state index in [0.29, 0.717) is 23.4 Å². The molecule has 6 heteroatoms. The van der Waals surface area contributed by atoms with Crippen molar-refractivity contribution < 1.29 is 14.3 Å². The highest BCUT2D eigenvalue weighted by Gasteiger charge is 2.19. The van der Waals surface area contributed by atoms with Crippen LogP contribution in [0.3, 0.4) is 0 Å². The number of anilines is 1. The molecule has 2 amide bonds. The van der Waals surface area contributed by atoms with E-state index in [1.165, 1.54) is 0 Å². The van der Waals surface area contributed by atoms with Gasteiger partial charge in [0.2, 0.25) is 0 Å². The maximum atomic E-state index is 12.8. The van der Waals surface area contributed by atoms with Crippen molar-refractivity contribution in [3.05, 3.63) is 59.7 Å². The third-order valence-corrected chi connectivity index (χ3v) is 4.62. The number of carbonyl (C=O) groups excluding carboxylic acids is 2. The van der Waals surface area contributed by atoms with Crippen molar-refractivity contribution in [2.24, 2.45) is 0 Å². The molecule has 0 bridgehead atoms. The number of para-hydroxylation sites is 1. The maximum Gasteiger partial charge on any atom is 0.256 e. The lowest BCUT2D eigenvalue weighted by Crippen LogP contribution is -2.40. The first-order chi connectivity index (χ1) is 12.8. The summed E-state index contributed by atoms with van der Waals surface area (Å²) in [5, 5.41) is 5.81. The van der Waals surface area contributed by atoms with Gasteiger partial charge in [-0.2, -0.15) is 0 Å². The summed E-state index contributed by atoms with van der Waals surface area (Å²) in [4.78, 5) is 26.3. The molecule has 0 radical (unpaired) electrons. The number of carbonyl (C=O) groups is 2. The first-order valence-corrected chi connectivity index (χ1v) is 9.74. The Kier molecular flexibility index (Phi) is 7.45. The van der Waals surface area contributed by atoms with Gasteiger partial charge >= 0.3 is 0 Å². The van der Waals surface area contributed by atoms with Crippen LogP contribution in [0.1, 0.15) is 41.5 Å². The number of rotatable bonds is 7. The number of benzene rings is 2. The number of amides is 2. The van der Waals surface area contributed by atoms with Crippen LogP contribution in [0.15, 0.2) is 53.4 Å². The van der Waals surface area contributed by atoms with E-state index < -0.39 is 0 Å². The van der Waals surface area contributed by atoms with Gasteiger partial charge in [0.05, 0.1) is 23.4 Å². The zero-order chi connectivity index (χ0) is 19.9. The molecule has 0 aromatic heterocycles. The monoisotopic (exact) mass is 386 g/mol. The number of thioether (sulfide) groups is 1. The van der Waals surface area contributed by atoms with Crippen LogP contribution in [0, 0.1) is 0 Å². The predicted octanol–water partition coefficient (Wildman–Crippen LogP) is 4.21. The molecule has 5 nitrogen and oxygen atoms in total. The molecule has 2 N–H and O–H groups in total. The molecule has 0 aliphatic rings. The van der Waals surface area contributed by atoms with E-state index in [4.69, 9.17) is 4.74 Å². The van der Waals surface area contributed by atoms with E-state index in [9.17, 15) is 9.59 Å². The molecule has 0 heterocycles. The summed E-state index contributed by atoms with van der Waals surface area (Å²) in [7, 11) is 1.65. The topological polar surface area (TPSA) is 67.4 Å². The van der Waals surface area contributed by atoms with Crippen molar-refractivity contribution in [3.63, 3.8) is 0 Å². The Morgan fingerprint density at radius 2 is 1.59 bits per heavy atom. The second-order valence-corrected chi connectivity index (χ2v) is 8.18. The molecule has 0 fully saturated rings. The molecule has 0 saturated heterocycles. The number of nitrogens with one attached hydrogen (secondary N) is 2. The van der Waals surface area contributed by atoms with E-state index in [1.807, 2.05) is 39.0 Å². The predicted molar refractivity (Wildman–Crippen MR) is 111 cm³/mol. The van der Waals surface area contributed by atoms with Crippen LogP contribution in [0.2, 0.25) is 0 Å². The van der Waals surface area contributed by atoms with Crippen LogP contribution in [-0.4, -0.2) is 36.8 Å². The molecule has 144 valence electrons. The lowest BCUT2D eigenvalue weighted by atomic mass is 10.1. The van der Waals surface area contributed by atoms with Crippen molar-refractivity contribution in [2.45, 2.75) is 31.2 Å². The van der Waals surface area contributed by atoms with Gasteiger partial charge < -0.3 is 15.4 Å². The van der Waals surface area contributed by atoms with E-state index >= 15 is 0 Å². The lowest BCUT2D eigenvalue weighted by Gasteiger charge is -2.21. The van der Waals surface area contributed by atoms with Crippen molar-refractivity contribution in [3.8, 4) is 0 Å². The molecule has 0 spiro atoms. The van der Waals surface area contributed by atoms with Gasteiger partial charge in [-0.05, 0) is 45.0 Å². The molecule has 0 aliphatic heterocycles. The molecule has 2 rings (SSSR count). The number of hydrogen-bond donors (Lipinski definition) is 2. The second kappa shape index (κ2) is 9.58. The second-order valence-electron chi connectivity index (χ2n) is 7.04. The Labute approximate surface area is 164 Å². The maximum absolute atomic E-state index is 12.8. The van der Waals surface area contributed by atoms with E-state index in [-0.39, 0.29) is 17.4 Å². The highest BCUT2D eigenvalue weighted by atomic mass is 32.2. The molecule has 0 aliphatic carbocycles. The van der Waals surface area contributed by atoms with Crippen LogP contribution in [0.5, 0.6) is 0 Å². The van der Waals surface area contributed by atoms with Crippen LogP contribution in [-0.2, 0) is 4.74 Å². The van der Waals surface area contributed by atoms with Crippen molar-refractivity contribution in [1.29, 1.82) is 0 Å². The van der Waals surface area contributed by atoms with Gasteiger partial charge in [0.15, 0.2) is 0 Å². The standard InChI is InChI=1S/C21H26N2O3S/c1-21(2,3)23-20(25)15-9-5-7-11-17(15)22-19(24)16-10-6-8-12-18(16)27-14-13-26-4/h5-12H,13-14H2,1-4H3,(H,22,24)(H,23,25). The lowest BCUT2D eigenvalue weighted by molar-refractivity contribution is 0.0920. The third-order valence-electron chi connectivity index (χ3n) is 3.59. The first kappa shape index (κ1) is 21.0. The average Bonchev–Trinajstić information content (AvgIpc) is 2.61. The quantitative estimate of drug-likeness (QED) is 0.553. The summed E-state index contributed by atoms with van der Waals surface area (Å²) < 4.78 is 5.08. The number of methoxy groups -OCH3 is 1. The van der Waals surface area contributed by atoms with Gasteiger partial charge in [0.1, 0.15) is 0 Å². The fraction of sp³-hybridized carbons (Fsp3) is 0.333. The normalized spacial score (nSPS) is 11.1. The van der Waals surface area contributed by atoms with Crippen molar-refractivity contribution in [1.82, 2.24) is 5.32 Å². The van der Waals surface area contributed by atoms with Gasteiger partial charge in [-0.25, -0.2) is 0 Å². The molecule has 27 heavy (non-hydrogen) atoms. The molecule has 0 atom stereocenters. The zero-order valence-electron chi connectivity index (χ0n) is 16.2. The summed E-state index contributed by atoms with van der Waals surface area (Å²) in [5.41, 5.74) is 1.13. The van der Waals surface area contributed by atoms with E-state index in [2.05, 4.69) is 10.6 Å². The Morgan fingerprint density at radius 1 is 0.963 bits per heavy atom. The summed E-state index contributed by atoms with van der Waals surface area (Å²) in [6.45, 7) is 6.36. The third kappa shape index (κ3) is 6.41. The fourth-order valence-corrected chi connectivity index (χ4v) is 3.36. The Balaban J connectivity index is 2.21. The molecule has 0 unspecified atom stereocenters. The highest BCUT2D eigenvalue weighted by molar-refractivity contribution is 7.99. The Morgan fingerprint density at radius 3 is 2.26 bits per heavy atom. The fourth-order valence-electron chi connectivity index (χ4n) is 2.40. The molecule has 2 aromatic carbocycles. The largest absolute Gasteiger partial charge is 0.384 e. The van der Waals surface area contributed by atoms with Gasteiger partial charge in [0, 0.05) is 23.3 Å².